The van der Waals surface area contributed by atoms with Gasteiger partial charge in [0.1, 0.15) is 0 Å². The highest BCUT2D eigenvalue weighted by atomic mass is 16.5. The highest BCUT2D eigenvalue weighted by Crippen LogP contribution is 2.33. The molecule has 1 aromatic rings. The van der Waals surface area contributed by atoms with Gasteiger partial charge in [-0.3, -0.25) is 4.79 Å². The molecule has 1 atom stereocenters. The summed E-state index contributed by atoms with van der Waals surface area (Å²) < 4.78 is 4.73. The maximum absolute atomic E-state index is 11.4. The second-order valence-corrected chi connectivity index (χ2v) is 6.09. The highest BCUT2D eigenvalue weighted by molar-refractivity contribution is 5.69. The van der Waals surface area contributed by atoms with E-state index in [9.17, 15) is 4.79 Å². The van der Waals surface area contributed by atoms with Crippen molar-refractivity contribution in [2.45, 2.75) is 46.6 Å². The smallest absolute Gasteiger partial charge is 0.306 e. The second kappa shape index (κ2) is 6.20. The number of hydrogen-bond acceptors (Lipinski definition) is 3. The minimum atomic E-state index is -0.183. The van der Waals surface area contributed by atoms with Crippen molar-refractivity contribution in [1.29, 1.82) is 0 Å². The summed E-state index contributed by atoms with van der Waals surface area (Å²) in [5, 5.41) is 0. The molecule has 1 rings (SSSR count). The largest absolute Gasteiger partial charge is 0.469 e. The molecule has 106 valence electrons. The molecule has 0 radical (unpaired) electrons. The first kappa shape index (κ1) is 15.7. The number of rotatable bonds is 5. The molecule has 1 aromatic carbocycles. The average Bonchev–Trinajstić information content (AvgIpc) is 2.26. The first-order chi connectivity index (χ1) is 8.75. The summed E-state index contributed by atoms with van der Waals surface area (Å²) in [5.74, 6) is -0.183. The molecule has 0 aliphatic carbocycles. The Labute approximate surface area is 116 Å². The summed E-state index contributed by atoms with van der Waals surface area (Å²) in [6, 6.07) is 6.25. The lowest BCUT2D eigenvalue weighted by Crippen LogP contribution is -2.25. The van der Waals surface area contributed by atoms with Crippen LogP contribution in [0.15, 0.2) is 18.2 Å². The Kier molecular flexibility index (Phi) is 5.12. The molecule has 0 aliphatic heterocycles. The van der Waals surface area contributed by atoms with Crippen LogP contribution < -0.4 is 5.73 Å². The van der Waals surface area contributed by atoms with E-state index < -0.39 is 0 Å². The zero-order valence-electron chi connectivity index (χ0n) is 12.6. The van der Waals surface area contributed by atoms with Gasteiger partial charge in [-0.2, -0.15) is 0 Å². The van der Waals surface area contributed by atoms with Gasteiger partial charge < -0.3 is 10.5 Å². The molecule has 3 nitrogen and oxygen atoms in total. The fourth-order valence-corrected chi connectivity index (χ4v) is 2.48. The fraction of sp³-hybridized carbons (Fsp3) is 0.562. The zero-order valence-corrected chi connectivity index (χ0v) is 12.6. The van der Waals surface area contributed by atoms with E-state index in [-0.39, 0.29) is 17.4 Å². The Morgan fingerprint density at radius 2 is 2.00 bits per heavy atom. The van der Waals surface area contributed by atoms with Crippen LogP contribution in [0.25, 0.3) is 0 Å². The lowest BCUT2D eigenvalue weighted by atomic mass is 9.80. The number of aryl methyl sites for hydroxylation is 2. The van der Waals surface area contributed by atoms with Crippen LogP contribution in [-0.2, 0) is 9.53 Å². The summed E-state index contributed by atoms with van der Waals surface area (Å²) in [7, 11) is 1.42. The number of hydrogen-bond donors (Lipinski definition) is 1. The van der Waals surface area contributed by atoms with Crippen molar-refractivity contribution in [3.8, 4) is 0 Å². The molecule has 0 bridgehead atoms. The number of methoxy groups -OCH3 is 1. The van der Waals surface area contributed by atoms with E-state index in [2.05, 4.69) is 32.0 Å². The van der Waals surface area contributed by atoms with Crippen LogP contribution in [0.3, 0.4) is 0 Å². The van der Waals surface area contributed by atoms with Crippen LogP contribution in [-0.4, -0.2) is 13.1 Å². The van der Waals surface area contributed by atoms with Gasteiger partial charge in [-0.15, -0.1) is 0 Å². The normalized spacial score (nSPS) is 13.2. The topological polar surface area (TPSA) is 52.3 Å². The Morgan fingerprint density at radius 1 is 1.37 bits per heavy atom. The molecule has 0 fully saturated rings. The van der Waals surface area contributed by atoms with Gasteiger partial charge in [-0.1, -0.05) is 37.6 Å². The van der Waals surface area contributed by atoms with Crippen LogP contribution in [0.5, 0.6) is 0 Å². The lowest BCUT2D eigenvalue weighted by Gasteiger charge is -2.27. The number of carbonyl (C=O) groups is 1. The van der Waals surface area contributed by atoms with Crippen molar-refractivity contribution in [1.82, 2.24) is 0 Å². The van der Waals surface area contributed by atoms with Crippen molar-refractivity contribution in [2.24, 2.45) is 11.1 Å². The number of esters is 1. The molecular formula is C16H25NO2. The lowest BCUT2D eigenvalue weighted by molar-refractivity contribution is -0.143. The predicted octanol–water partition coefficient (Wildman–Crippen LogP) is 3.28. The molecule has 0 spiro atoms. The van der Waals surface area contributed by atoms with E-state index in [4.69, 9.17) is 10.5 Å². The van der Waals surface area contributed by atoms with Gasteiger partial charge in [0.15, 0.2) is 0 Å². The molecule has 0 aromatic heterocycles. The summed E-state index contributed by atoms with van der Waals surface area (Å²) in [5.41, 5.74) is 9.74. The van der Waals surface area contributed by atoms with E-state index >= 15 is 0 Å². The van der Waals surface area contributed by atoms with Crippen molar-refractivity contribution in [3.63, 3.8) is 0 Å². The van der Waals surface area contributed by atoms with E-state index in [0.29, 0.717) is 6.42 Å². The quantitative estimate of drug-likeness (QED) is 0.829. The van der Waals surface area contributed by atoms with Crippen molar-refractivity contribution >= 4 is 5.97 Å². The zero-order chi connectivity index (χ0) is 14.6. The molecule has 0 amide bonds. The van der Waals surface area contributed by atoms with E-state index in [1.807, 2.05) is 13.8 Å². The molecule has 0 heterocycles. The molecule has 1 unspecified atom stereocenters. The fourth-order valence-electron chi connectivity index (χ4n) is 2.48. The number of carbonyl (C=O) groups excluding carboxylic acids is 1. The Balaban J connectivity index is 2.78. The second-order valence-electron chi connectivity index (χ2n) is 6.09. The van der Waals surface area contributed by atoms with Gasteiger partial charge in [-0.05, 0) is 36.8 Å². The predicted molar refractivity (Wildman–Crippen MR) is 77.9 cm³/mol. The van der Waals surface area contributed by atoms with Gasteiger partial charge in [0.25, 0.3) is 0 Å². The first-order valence-corrected chi connectivity index (χ1v) is 6.65. The van der Waals surface area contributed by atoms with E-state index in [1.54, 1.807) is 0 Å². The van der Waals surface area contributed by atoms with Gasteiger partial charge >= 0.3 is 5.97 Å². The molecule has 0 saturated heterocycles. The van der Waals surface area contributed by atoms with Crippen LogP contribution in [0.4, 0.5) is 0 Å². The van der Waals surface area contributed by atoms with Crippen molar-refractivity contribution in [2.75, 3.05) is 7.11 Å². The van der Waals surface area contributed by atoms with Crippen LogP contribution in [0, 0.1) is 19.3 Å². The summed E-state index contributed by atoms with van der Waals surface area (Å²) in [6.45, 7) is 8.25. The minimum absolute atomic E-state index is 0.0553. The number of nitrogens with two attached hydrogens (primary N) is 1. The number of ether oxygens (including phenoxy) is 1. The Hall–Kier alpha value is -1.35. The Morgan fingerprint density at radius 3 is 2.53 bits per heavy atom. The van der Waals surface area contributed by atoms with Gasteiger partial charge in [0.2, 0.25) is 0 Å². The molecule has 0 aliphatic rings. The van der Waals surface area contributed by atoms with Gasteiger partial charge in [0.05, 0.1) is 13.5 Å². The van der Waals surface area contributed by atoms with E-state index in [1.165, 1.54) is 18.2 Å². The average molecular weight is 263 g/mol. The van der Waals surface area contributed by atoms with Gasteiger partial charge in [-0.25, -0.2) is 0 Å². The third-order valence-electron chi connectivity index (χ3n) is 3.45. The molecular weight excluding hydrogens is 238 g/mol. The monoisotopic (exact) mass is 263 g/mol. The maximum Gasteiger partial charge on any atom is 0.306 e. The standard InChI is InChI=1S/C16H25NO2/c1-11-6-7-13(12(2)8-11)14(17)9-16(3,4)10-15(18)19-5/h6-8,14H,9-10,17H2,1-5H3. The maximum atomic E-state index is 11.4. The summed E-state index contributed by atoms with van der Waals surface area (Å²) in [4.78, 5) is 11.4. The summed E-state index contributed by atoms with van der Waals surface area (Å²) in [6.07, 6.45) is 1.15. The molecule has 3 heteroatoms. The third-order valence-corrected chi connectivity index (χ3v) is 3.45. The van der Waals surface area contributed by atoms with Crippen LogP contribution in [0.1, 0.15) is 49.4 Å². The first-order valence-electron chi connectivity index (χ1n) is 6.65. The molecule has 0 saturated carbocycles. The van der Waals surface area contributed by atoms with E-state index in [0.717, 1.165) is 12.0 Å². The number of benzene rings is 1. The highest BCUT2D eigenvalue weighted by Gasteiger charge is 2.26. The third kappa shape index (κ3) is 4.67. The van der Waals surface area contributed by atoms with Crippen LogP contribution in [0.2, 0.25) is 0 Å². The Bertz CT molecular complexity index is 452. The van der Waals surface area contributed by atoms with Crippen molar-refractivity contribution in [3.05, 3.63) is 34.9 Å². The molecule has 19 heavy (non-hydrogen) atoms. The SMILES string of the molecule is COC(=O)CC(C)(C)CC(N)c1ccc(C)cc1C. The van der Waals surface area contributed by atoms with Crippen molar-refractivity contribution < 1.29 is 9.53 Å². The molecule has 2 N–H and O–H groups in total. The minimum Gasteiger partial charge on any atom is -0.469 e. The van der Waals surface area contributed by atoms with Gasteiger partial charge in [0, 0.05) is 6.04 Å². The summed E-state index contributed by atoms with van der Waals surface area (Å²) >= 11 is 0. The van der Waals surface area contributed by atoms with Crippen LogP contribution >= 0.6 is 0 Å².